The van der Waals surface area contributed by atoms with Gasteiger partial charge in [-0.05, 0) is 18.2 Å². The van der Waals surface area contributed by atoms with E-state index in [1.54, 1.807) is 27.4 Å². The van der Waals surface area contributed by atoms with Gasteiger partial charge in [-0.25, -0.2) is 0 Å². The van der Waals surface area contributed by atoms with Crippen molar-refractivity contribution < 1.29 is 38.6 Å². The summed E-state index contributed by atoms with van der Waals surface area (Å²) >= 11 is 0. The first-order chi connectivity index (χ1) is 14.6. The lowest BCUT2D eigenvalue weighted by molar-refractivity contribution is -1.02. The number of hydrogen-bond acceptors (Lipinski definition) is 6. The quantitative estimate of drug-likeness (QED) is 0.570. The molecule has 162 valence electrons. The van der Waals surface area contributed by atoms with Crippen molar-refractivity contribution in [3.8, 4) is 34.5 Å². The SMILES string of the molecule is COc1ccc(C[NH+]2CC[NH+](Cc3cc4c(cc3O)OCO4)CC2)c(OC)c1OC. The third-order valence-corrected chi connectivity index (χ3v) is 5.90. The van der Waals surface area contributed by atoms with E-state index in [1.165, 1.54) is 9.80 Å². The van der Waals surface area contributed by atoms with E-state index in [0.29, 0.717) is 23.0 Å². The molecule has 1 saturated heterocycles. The molecule has 4 rings (SSSR count). The van der Waals surface area contributed by atoms with E-state index in [9.17, 15) is 5.11 Å². The van der Waals surface area contributed by atoms with Gasteiger partial charge < -0.3 is 38.6 Å². The summed E-state index contributed by atoms with van der Waals surface area (Å²) < 4.78 is 27.3. The Morgan fingerprint density at radius 1 is 0.800 bits per heavy atom. The molecule has 2 aliphatic rings. The standard InChI is InChI=1S/C22H28N2O6/c1-26-18-5-4-15(21(27-2)22(18)28-3)12-23-6-8-24(9-7-23)13-16-10-19-20(11-17(16)25)30-14-29-19/h4-5,10-11,25H,6-9,12-14H2,1-3H3/p+2. The number of piperazine rings is 1. The lowest BCUT2D eigenvalue weighted by Crippen LogP contribution is -3.27. The van der Waals surface area contributed by atoms with Crippen molar-refractivity contribution in [3.63, 3.8) is 0 Å². The van der Waals surface area contributed by atoms with Gasteiger partial charge >= 0.3 is 0 Å². The van der Waals surface area contributed by atoms with Crippen molar-refractivity contribution in [1.82, 2.24) is 0 Å². The number of nitrogens with one attached hydrogen (secondary N) is 2. The molecule has 30 heavy (non-hydrogen) atoms. The number of benzene rings is 2. The summed E-state index contributed by atoms with van der Waals surface area (Å²) in [5.74, 6) is 3.66. The van der Waals surface area contributed by atoms with E-state index in [-0.39, 0.29) is 12.5 Å². The maximum atomic E-state index is 10.3. The third kappa shape index (κ3) is 4.06. The van der Waals surface area contributed by atoms with Crippen LogP contribution in [0.1, 0.15) is 11.1 Å². The molecule has 2 aliphatic heterocycles. The highest BCUT2D eigenvalue weighted by molar-refractivity contribution is 5.55. The number of methoxy groups -OCH3 is 3. The number of quaternary nitrogens is 2. The number of fused-ring (bicyclic) bond motifs is 1. The van der Waals surface area contributed by atoms with Gasteiger partial charge in [-0.2, -0.15) is 0 Å². The molecule has 0 aromatic heterocycles. The summed E-state index contributed by atoms with van der Waals surface area (Å²) in [4.78, 5) is 2.95. The highest BCUT2D eigenvalue weighted by Gasteiger charge is 2.27. The normalized spacial score (nSPS) is 20.1. The highest BCUT2D eigenvalue weighted by Crippen LogP contribution is 2.39. The van der Waals surface area contributed by atoms with Gasteiger partial charge in [0.1, 0.15) is 45.0 Å². The molecule has 8 nitrogen and oxygen atoms in total. The smallest absolute Gasteiger partial charge is 0.231 e. The van der Waals surface area contributed by atoms with E-state index in [0.717, 1.165) is 56.1 Å². The van der Waals surface area contributed by atoms with Gasteiger partial charge in [-0.1, -0.05) is 0 Å². The van der Waals surface area contributed by atoms with Crippen LogP contribution < -0.4 is 33.5 Å². The maximum Gasteiger partial charge on any atom is 0.231 e. The maximum absolute atomic E-state index is 10.3. The zero-order valence-corrected chi connectivity index (χ0v) is 17.7. The Labute approximate surface area is 176 Å². The first-order valence-corrected chi connectivity index (χ1v) is 10.2. The molecular weight excluding hydrogens is 388 g/mol. The summed E-state index contributed by atoms with van der Waals surface area (Å²) in [6, 6.07) is 7.54. The Bertz CT molecular complexity index is 896. The number of phenols is 1. The minimum absolute atomic E-state index is 0.215. The van der Waals surface area contributed by atoms with E-state index < -0.39 is 0 Å². The average molecular weight is 418 g/mol. The molecule has 3 N–H and O–H groups in total. The molecule has 2 aromatic rings. The topological polar surface area (TPSA) is 75.3 Å². The van der Waals surface area contributed by atoms with Gasteiger partial charge in [0, 0.05) is 6.07 Å². The Balaban J connectivity index is 1.38. The lowest BCUT2D eigenvalue weighted by atomic mass is 10.1. The summed E-state index contributed by atoms with van der Waals surface area (Å²) in [6.45, 7) is 5.99. The summed E-state index contributed by atoms with van der Waals surface area (Å²) in [7, 11) is 4.92. The van der Waals surface area contributed by atoms with Gasteiger partial charge in [0.15, 0.2) is 23.0 Å². The first kappa shape index (κ1) is 20.4. The van der Waals surface area contributed by atoms with Crippen molar-refractivity contribution in [1.29, 1.82) is 0 Å². The van der Waals surface area contributed by atoms with Crippen LogP contribution in [0.4, 0.5) is 0 Å². The number of ether oxygens (including phenoxy) is 5. The van der Waals surface area contributed by atoms with Crippen LogP contribution >= 0.6 is 0 Å². The molecule has 0 bridgehead atoms. The zero-order valence-electron chi connectivity index (χ0n) is 17.7. The van der Waals surface area contributed by atoms with Crippen LogP contribution in [0.15, 0.2) is 24.3 Å². The Hall–Kier alpha value is -2.84. The van der Waals surface area contributed by atoms with Gasteiger partial charge in [0.25, 0.3) is 0 Å². The van der Waals surface area contributed by atoms with Crippen molar-refractivity contribution in [2.45, 2.75) is 13.1 Å². The number of rotatable bonds is 7. The second-order valence-corrected chi connectivity index (χ2v) is 7.68. The van der Waals surface area contributed by atoms with Gasteiger partial charge in [-0.15, -0.1) is 0 Å². The Kier molecular flexibility index (Phi) is 6.06. The van der Waals surface area contributed by atoms with E-state index >= 15 is 0 Å². The molecular formula is C22H30N2O6+2. The first-order valence-electron chi connectivity index (χ1n) is 10.2. The van der Waals surface area contributed by atoms with Crippen molar-refractivity contribution in [2.75, 3.05) is 54.3 Å². The van der Waals surface area contributed by atoms with Crippen molar-refractivity contribution in [3.05, 3.63) is 35.4 Å². The molecule has 0 saturated carbocycles. The average Bonchev–Trinajstić information content (AvgIpc) is 3.21. The van der Waals surface area contributed by atoms with E-state index in [1.807, 2.05) is 12.1 Å². The fourth-order valence-corrected chi connectivity index (χ4v) is 4.27. The molecule has 0 unspecified atom stereocenters. The number of hydrogen-bond donors (Lipinski definition) is 3. The van der Waals surface area contributed by atoms with Crippen LogP contribution in [0.25, 0.3) is 0 Å². The van der Waals surface area contributed by atoms with Gasteiger partial charge in [0.2, 0.25) is 12.5 Å². The molecule has 0 atom stereocenters. The monoisotopic (exact) mass is 418 g/mol. The fraction of sp³-hybridized carbons (Fsp3) is 0.455. The van der Waals surface area contributed by atoms with Crippen molar-refractivity contribution in [2.24, 2.45) is 0 Å². The predicted octanol–water partition coefficient (Wildman–Crippen LogP) is -0.370. The van der Waals surface area contributed by atoms with E-state index in [4.69, 9.17) is 23.7 Å². The minimum Gasteiger partial charge on any atom is -0.507 e. The van der Waals surface area contributed by atoms with Crippen molar-refractivity contribution >= 4 is 0 Å². The zero-order chi connectivity index (χ0) is 21.1. The fourth-order valence-electron chi connectivity index (χ4n) is 4.27. The minimum atomic E-state index is 0.215. The van der Waals surface area contributed by atoms with Crippen LogP contribution in [0, 0.1) is 0 Å². The molecule has 8 heteroatoms. The predicted molar refractivity (Wildman–Crippen MR) is 109 cm³/mol. The number of phenolic OH excluding ortho intramolecular Hbond substituents is 1. The van der Waals surface area contributed by atoms with E-state index in [2.05, 4.69) is 6.07 Å². The second-order valence-electron chi connectivity index (χ2n) is 7.68. The number of aromatic hydroxyl groups is 1. The third-order valence-electron chi connectivity index (χ3n) is 5.90. The molecule has 2 aromatic carbocycles. The summed E-state index contributed by atoms with van der Waals surface area (Å²) in [5, 5.41) is 10.3. The summed E-state index contributed by atoms with van der Waals surface area (Å²) in [6.07, 6.45) is 0. The van der Waals surface area contributed by atoms with Crippen LogP contribution in [-0.2, 0) is 13.1 Å². The molecule has 0 radical (unpaired) electrons. The molecule has 0 spiro atoms. The van der Waals surface area contributed by atoms with Crippen LogP contribution in [-0.4, -0.2) is 59.4 Å². The molecule has 2 heterocycles. The Morgan fingerprint density at radius 2 is 1.40 bits per heavy atom. The molecule has 1 fully saturated rings. The van der Waals surface area contributed by atoms with Gasteiger partial charge in [-0.3, -0.25) is 0 Å². The van der Waals surface area contributed by atoms with Crippen LogP contribution in [0.3, 0.4) is 0 Å². The lowest BCUT2D eigenvalue weighted by Gasteiger charge is -2.30. The largest absolute Gasteiger partial charge is 0.507 e. The second kappa shape index (κ2) is 8.89. The van der Waals surface area contributed by atoms with Crippen LogP contribution in [0.5, 0.6) is 34.5 Å². The van der Waals surface area contributed by atoms with Gasteiger partial charge in [0.05, 0.1) is 32.5 Å². The molecule has 0 amide bonds. The summed E-state index contributed by atoms with van der Waals surface area (Å²) in [5.41, 5.74) is 2.02. The van der Waals surface area contributed by atoms with Crippen LogP contribution in [0.2, 0.25) is 0 Å². The molecule has 0 aliphatic carbocycles. The Morgan fingerprint density at radius 3 is 2.00 bits per heavy atom. The highest BCUT2D eigenvalue weighted by atomic mass is 16.7.